The fourth-order valence-electron chi connectivity index (χ4n) is 1.32. The van der Waals surface area contributed by atoms with E-state index in [4.69, 9.17) is 4.74 Å². The third-order valence-electron chi connectivity index (χ3n) is 2.14. The van der Waals surface area contributed by atoms with E-state index in [-0.39, 0.29) is 6.04 Å². The number of ether oxygens (including phenoxy) is 1. The number of halogens is 3. The number of rotatable bonds is 2. The lowest BCUT2D eigenvalue weighted by Gasteiger charge is -2.27. The van der Waals surface area contributed by atoms with Crippen molar-refractivity contribution < 1.29 is 17.9 Å². The maximum atomic E-state index is 12.1. The molecule has 78 valence electrons. The van der Waals surface area contributed by atoms with Crippen LogP contribution in [-0.4, -0.2) is 31.5 Å². The van der Waals surface area contributed by atoms with E-state index in [1.54, 1.807) is 0 Å². The third kappa shape index (κ3) is 3.52. The smallest absolute Gasteiger partial charge is 0.380 e. The molecule has 0 amide bonds. The molecular formula is C8H14F3NO. The second kappa shape index (κ2) is 4.28. The minimum atomic E-state index is -4.16. The van der Waals surface area contributed by atoms with Crippen molar-refractivity contribution in [3.63, 3.8) is 0 Å². The summed E-state index contributed by atoms with van der Waals surface area (Å²) in [4.78, 5) is 0. The Balaban J connectivity index is 2.30. The lowest BCUT2D eigenvalue weighted by Crippen LogP contribution is -2.48. The van der Waals surface area contributed by atoms with Crippen LogP contribution in [0.3, 0.4) is 0 Å². The molecule has 5 heteroatoms. The predicted octanol–water partition coefficient (Wildman–Crippen LogP) is 1.71. The van der Waals surface area contributed by atoms with Crippen molar-refractivity contribution in [3.05, 3.63) is 0 Å². The molecule has 0 aromatic heterocycles. The zero-order valence-electron chi connectivity index (χ0n) is 7.53. The summed E-state index contributed by atoms with van der Waals surface area (Å²) in [5.74, 6) is 0. The largest absolute Gasteiger partial charge is 0.403 e. The van der Waals surface area contributed by atoms with Crippen molar-refractivity contribution in [3.8, 4) is 0 Å². The Morgan fingerprint density at radius 1 is 1.46 bits per heavy atom. The monoisotopic (exact) mass is 197 g/mol. The highest BCUT2D eigenvalue weighted by Crippen LogP contribution is 2.20. The Morgan fingerprint density at radius 3 is 2.62 bits per heavy atom. The van der Waals surface area contributed by atoms with E-state index >= 15 is 0 Å². The van der Waals surface area contributed by atoms with Gasteiger partial charge in [-0.2, -0.15) is 13.2 Å². The molecule has 0 aromatic rings. The van der Waals surface area contributed by atoms with Gasteiger partial charge in [0.15, 0.2) is 0 Å². The highest BCUT2D eigenvalue weighted by molar-refractivity contribution is 4.77. The Morgan fingerprint density at radius 2 is 2.15 bits per heavy atom. The van der Waals surface area contributed by atoms with Crippen LogP contribution < -0.4 is 5.32 Å². The summed E-state index contributed by atoms with van der Waals surface area (Å²) < 4.78 is 41.4. The van der Waals surface area contributed by atoms with Crippen molar-refractivity contribution in [1.82, 2.24) is 5.32 Å². The molecule has 1 rings (SSSR count). The molecule has 1 aliphatic heterocycles. The zero-order valence-corrected chi connectivity index (χ0v) is 7.53. The summed E-state index contributed by atoms with van der Waals surface area (Å²) in [6, 6.07) is -1.59. The van der Waals surface area contributed by atoms with Gasteiger partial charge in [-0.15, -0.1) is 0 Å². The van der Waals surface area contributed by atoms with E-state index < -0.39 is 12.2 Å². The zero-order chi connectivity index (χ0) is 9.90. The van der Waals surface area contributed by atoms with Crippen LogP contribution in [0.1, 0.15) is 19.8 Å². The molecule has 0 radical (unpaired) electrons. The summed E-state index contributed by atoms with van der Waals surface area (Å²) in [6.07, 6.45) is -2.56. The normalized spacial score (nSPS) is 27.2. The Bertz CT molecular complexity index is 154. The topological polar surface area (TPSA) is 21.3 Å². The van der Waals surface area contributed by atoms with Crippen molar-refractivity contribution in [2.45, 2.75) is 38.0 Å². The summed E-state index contributed by atoms with van der Waals surface area (Å²) >= 11 is 0. The van der Waals surface area contributed by atoms with Gasteiger partial charge in [-0.1, -0.05) is 0 Å². The molecule has 2 nitrogen and oxygen atoms in total. The van der Waals surface area contributed by atoms with Crippen LogP contribution in [-0.2, 0) is 4.74 Å². The second-order valence-corrected chi connectivity index (χ2v) is 3.34. The molecule has 1 fully saturated rings. The van der Waals surface area contributed by atoms with E-state index in [2.05, 4.69) is 5.32 Å². The highest BCUT2D eigenvalue weighted by atomic mass is 19.4. The maximum absolute atomic E-state index is 12.1. The van der Waals surface area contributed by atoms with Gasteiger partial charge in [-0.25, -0.2) is 0 Å². The van der Waals surface area contributed by atoms with E-state index in [1.807, 2.05) is 0 Å². The molecule has 0 saturated carbocycles. The molecule has 0 bridgehead atoms. The van der Waals surface area contributed by atoms with Gasteiger partial charge in [-0.3, -0.25) is 0 Å². The minimum Gasteiger partial charge on any atom is -0.380 e. The average Bonchev–Trinajstić information content (AvgIpc) is 2.04. The Labute approximate surface area is 75.4 Å². The lowest BCUT2D eigenvalue weighted by molar-refractivity contribution is -0.155. The number of nitrogens with one attached hydrogen (secondary N) is 1. The van der Waals surface area contributed by atoms with Crippen LogP contribution in [0.25, 0.3) is 0 Å². The fourth-order valence-corrected chi connectivity index (χ4v) is 1.32. The number of hydrogen-bond acceptors (Lipinski definition) is 2. The first-order chi connectivity index (χ1) is 6.00. The van der Waals surface area contributed by atoms with E-state index in [0.29, 0.717) is 13.2 Å². The molecule has 0 aliphatic carbocycles. The molecular weight excluding hydrogens is 183 g/mol. The third-order valence-corrected chi connectivity index (χ3v) is 2.14. The van der Waals surface area contributed by atoms with Crippen LogP contribution in [0.4, 0.5) is 13.2 Å². The summed E-state index contributed by atoms with van der Waals surface area (Å²) in [7, 11) is 0. The standard InChI is InChI=1S/C8H14F3NO/c1-6(8(9,10)11)12-7-3-2-4-13-5-7/h6-7,12H,2-5H2,1H3/t6?,7-/m0/s1. The van der Waals surface area contributed by atoms with E-state index in [1.165, 1.54) is 0 Å². The van der Waals surface area contributed by atoms with Crippen LogP contribution in [0.15, 0.2) is 0 Å². The van der Waals surface area contributed by atoms with Gasteiger partial charge in [0.2, 0.25) is 0 Å². The number of alkyl halides is 3. The highest BCUT2D eigenvalue weighted by Gasteiger charge is 2.37. The first kappa shape index (κ1) is 10.8. The Hall–Kier alpha value is -0.290. The van der Waals surface area contributed by atoms with Gasteiger partial charge in [0, 0.05) is 12.6 Å². The van der Waals surface area contributed by atoms with Crippen LogP contribution in [0.5, 0.6) is 0 Å². The summed E-state index contributed by atoms with van der Waals surface area (Å²) in [6.45, 7) is 2.19. The van der Waals surface area contributed by atoms with Crippen molar-refractivity contribution in [1.29, 1.82) is 0 Å². The molecule has 0 aromatic carbocycles. The van der Waals surface area contributed by atoms with E-state index in [9.17, 15) is 13.2 Å². The van der Waals surface area contributed by atoms with Crippen LogP contribution >= 0.6 is 0 Å². The first-order valence-electron chi connectivity index (χ1n) is 4.40. The van der Waals surface area contributed by atoms with Crippen LogP contribution in [0, 0.1) is 0 Å². The van der Waals surface area contributed by atoms with Crippen molar-refractivity contribution in [2.24, 2.45) is 0 Å². The van der Waals surface area contributed by atoms with Crippen molar-refractivity contribution in [2.75, 3.05) is 13.2 Å². The molecule has 1 saturated heterocycles. The van der Waals surface area contributed by atoms with Gasteiger partial charge >= 0.3 is 6.18 Å². The maximum Gasteiger partial charge on any atom is 0.403 e. The van der Waals surface area contributed by atoms with Crippen molar-refractivity contribution >= 4 is 0 Å². The second-order valence-electron chi connectivity index (χ2n) is 3.34. The van der Waals surface area contributed by atoms with Crippen LogP contribution in [0.2, 0.25) is 0 Å². The number of hydrogen-bond donors (Lipinski definition) is 1. The fraction of sp³-hybridized carbons (Fsp3) is 1.00. The SMILES string of the molecule is CC(N[C@H]1CCCOC1)C(F)(F)F. The molecule has 2 atom stereocenters. The Kier molecular flexibility index (Phi) is 3.55. The molecule has 1 heterocycles. The molecule has 13 heavy (non-hydrogen) atoms. The lowest BCUT2D eigenvalue weighted by atomic mass is 10.1. The van der Waals surface area contributed by atoms with Gasteiger partial charge < -0.3 is 10.1 Å². The summed E-state index contributed by atoms with van der Waals surface area (Å²) in [5.41, 5.74) is 0. The van der Waals surface area contributed by atoms with Gasteiger partial charge in [0.25, 0.3) is 0 Å². The average molecular weight is 197 g/mol. The molecule has 1 aliphatic rings. The molecule has 1 N–H and O–H groups in total. The quantitative estimate of drug-likeness (QED) is 0.727. The molecule has 0 spiro atoms. The summed E-state index contributed by atoms with van der Waals surface area (Å²) in [5, 5.41) is 2.51. The van der Waals surface area contributed by atoms with Gasteiger partial charge in [0.1, 0.15) is 6.04 Å². The predicted molar refractivity (Wildman–Crippen MR) is 42.5 cm³/mol. The molecule has 1 unspecified atom stereocenters. The van der Waals surface area contributed by atoms with Gasteiger partial charge in [-0.05, 0) is 19.8 Å². The van der Waals surface area contributed by atoms with Gasteiger partial charge in [0.05, 0.1) is 6.61 Å². The first-order valence-corrected chi connectivity index (χ1v) is 4.40. The van der Waals surface area contributed by atoms with E-state index in [0.717, 1.165) is 19.8 Å². The minimum absolute atomic E-state index is 0.148.